The standard InChI is InChI=1S/C13H11ClN4/c14-11-8-12(18-7-6-15-13(18)17-11)16-9-10-4-2-1-3-5-10/h1-8,16H,9H2. The van der Waals surface area contributed by atoms with E-state index in [1.807, 2.05) is 28.8 Å². The van der Waals surface area contributed by atoms with Crippen LogP contribution in [0.1, 0.15) is 5.56 Å². The summed E-state index contributed by atoms with van der Waals surface area (Å²) in [4.78, 5) is 8.25. The average molecular weight is 259 g/mol. The van der Waals surface area contributed by atoms with Crippen molar-refractivity contribution in [1.29, 1.82) is 0 Å². The van der Waals surface area contributed by atoms with Crippen LogP contribution in [0.5, 0.6) is 0 Å². The fourth-order valence-electron chi connectivity index (χ4n) is 1.80. The fraction of sp³-hybridized carbons (Fsp3) is 0.0769. The van der Waals surface area contributed by atoms with E-state index in [2.05, 4.69) is 27.4 Å². The molecule has 0 aliphatic rings. The molecule has 3 rings (SSSR count). The van der Waals surface area contributed by atoms with Gasteiger partial charge in [0.2, 0.25) is 5.78 Å². The second kappa shape index (κ2) is 4.66. The third-order valence-corrected chi connectivity index (χ3v) is 2.85. The first-order chi connectivity index (χ1) is 8.83. The lowest BCUT2D eigenvalue weighted by atomic mass is 10.2. The number of nitrogens with one attached hydrogen (secondary N) is 1. The Hall–Kier alpha value is -2.07. The van der Waals surface area contributed by atoms with Crippen molar-refractivity contribution in [2.75, 3.05) is 5.32 Å². The molecule has 0 atom stereocenters. The Morgan fingerprint density at radius 2 is 2.06 bits per heavy atom. The number of nitrogens with zero attached hydrogens (tertiary/aromatic N) is 3. The molecule has 0 aliphatic heterocycles. The van der Waals surface area contributed by atoms with Crippen molar-refractivity contribution in [2.45, 2.75) is 6.54 Å². The molecular formula is C13H11ClN4. The quantitative estimate of drug-likeness (QED) is 0.735. The maximum absolute atomic E-state index is 5.96. The van der Waals surface area contributed by atoms with Gasteiger partial charge in [-0.2, -0.15) is 0 Å². The second-order valence-electron chi connectivity index (χ2n) is 3.90. The van der Waals surface area contributed by atoms with Crippen LogP contribution in [0.2, 0.25) is 5.15 Å². The molecule has 0 spiro atoms. The molecule has 0 saturated heterocycles. The molecule has 0 fully saturated rings. The second-order valence-corrected chi connectivity index (χ2v) is 4.29. The molecular weight excluding hydrogens is 248 g/mol. The number of hydrogen-bond acceptors (Lipinski definition) is 3. The zero-order chi connectivity index (χ0) is 12.4. The molecule has 5 heteroatoms. The normalized spacial score (nSPS) is 10.7. The number of benzene rings is 1. The SMILES string of the molecule is Clc1cc(NCc2ccccc2)n2ccnc2n1. The minimum absolute atomic E-state index is 0.435. The monoisotopic (exact) mass is 258 g/mol. The topological polar surface area (TPSA) is 42.2 Å². The lowest BCUT2D eigenvalue weighted by molar-refractivity contribution is 1.05. The van der Waals surface area contributed by atoms with E-state index in [4.69, 9.17) is 11.6 Å². The summed E-state index contributed by atoms with van der Waals surface area (Å²) >= 11 is 5.96. The summed E-state index contributed by atoms with van der Waals surface area (Å²) < 4.78 is 1.87. The molecule has 4 nitrogen and oxygen atoms in total. The average Bonchev–Trinajstić information content (AvgIpc) is 2.85. The predicted octanol–water partition coefficient (Wildman–Crippen LogP) is 2.99. The Kier molecular flexibility index (Phi) is 2.86. The number of aromatic nitrogens is 3. The first-order valence-corrected chi connectivity index (χ1v) is 5.98. The zero-order valence-corrected chi connectivity index (χ0v) is 10.3. The Bertz CT molecular complexity index is 663. The van der Waals surface area contributed by atoms with Gasteiger partial charge in [0, 0.05) is 25.0 Å². The number of anilines is 1. The summed E-state index contributed by atoms with van der Waals surface area (Å²) in [5.41, 5.74) is 1.21. The van der Waals surface area contributed by atoms with E-state index in [0.717, 1.165) is 12.4 Å². The molecule has 0 bridgehead atoms. The van der Waals surface area contributed by atoms with E-state index < -0.39 is 0 Å². The molecule has 2 heterocycles. The number of hydrogen-bond donors (Lipinski definition) is 1. The van der Waals surface area contributed by atoms with Crippen LogP contribution in [-0.2, 0) is 6.54 Å². The van der Waals surface area contributed by atoms with Gasteiger partial charge in [-0.15, -0.1) is 0 Å². The largest absolute Gasteiger partial charge is 0.367 e. The van der Waals surface area contributed by atoms with Crippen LogP contribution in [0, 0.1) is 0 Å². The van der Waals surface area contributed by atoms with Crippen LogP contribution < -0.4 is 5.32 Å². The molecule has 1 aromatic carbocycles. The fourth-order valence-corrected chi connectivity index (χ4v) is 1.98. The van der Waals surface area contributed by atoms with Gasteiger partial charge in [-0.3, -0.25) is 4.40 Å². The van der Waals surface area contributed by atoms with Crippen LogP contribution in [0.4, 0.5) is 5.82 Å². The van der Waals surface area contributed by atoms with E-state index in [0.29, 0.717) is 10.9 Å². The number of fused-ring (bicyclic) bond motifs is 1. The lowest BCUT2D eigenvalue weighted by Gasteiger charge is -2.09. The van der Waals surface area contributed by atoms with Gasteiger partial charge >= 0.3 is 0 Å². The Morgan fingerprint density at radius 1 is 1.22 bits per heavy atom. The van der Waals surface area contributed by atoms with Crippen LogP contribution in [0.3, 0.4) is 0 Å². The molecule has 0 aliphatic carbocycles. The third kappa shape index (κ3) is 2.15. The summed E-state index contributed by atoms with van der Waals surface area (Å²) in [6.07, 6.45) is 3.55. The number of imidazole rings is 1. The highest BCUT2D eigenvalue weighted by atomic mass is 35.5. The van der Waals surface area contributed by atoms with Crippen LogP contribution in [0.25, 0.3) is 5.78 Å². The summed E-state index contributed by atoms with van der Waals surface area (Å²) in [6, 6.07) is 12.0. The van der Waals surface area contributed by atoms with Crippen molar-refractivity contribution < 1.29 is 0 Å². The first kappa shape index (κ1) is 11.0. The van der Waals surface area contributed by atoms with Crippen LogP contribution in [0.15, 0.2) is 48.8 Å². The number of rotatable bonds is 3. The zero-order valence-electron chi connectivity index (χ0n) is 9.55. The van der Waals surface area contributed by atoms with Gasteiger partial charge in [-0.05, 0) is 5.56 Å². The predicted molar refractivity (Wildman–Crippen MR) is 71.8 cm³/mol. The van der Waals surface area contributed by atoms with Gasteiger partial charge in [-0.25, -0.2) is 9.97 Å². The highest BCUT2D eigenvalue weighted by molar-refractivity contribution is 6.29. The van der Waals surface area contributed by atoms with Crippen LogP contribution >= 0.6 is 11.6 Å². The maximum atomic E-state index is 5.96. The van der Waals surface area contributed by atoms with E-state index in [1.54, 1.807) is 12.3 Å². The van der Waals surface area contributed by atoms with Crippen LogP contribution in [-0.4, -0.2) is 14.4 Å². The van der Waals surface area contributed by atoms with Gasteiger partial charge in [0.05, 0.1) is 0 Å². The molecule has 3 aromatic rings. The van der Waals surface area contributed by atoms with Gasteiger partial charge in [0.25, 0.3) is 0 Å². The van der Waals surface area contributed by atoms with Gasteiger partial charge in [0.1, 0.15) is 11.0 Å². The Balaban J connectivity index is 1.88. The summed E-state index contributed by atoms with van der Waals surface area (Å²) in [5.74, 6) is 1.48. The highest BCUT2D eigenvalue weighted by Gasteiger charge is 2.04. The van der Waals surface area contributed by atoms with E-state index in [-0.39, 0.29) is 0 Å². The molecule has 90 valence electrons. The third-order valence-electron chi connectivity index (χ3n) is 2.66. The van der Waals surface area contributed by atoms with Crippen molar-refractivity contribution in [2.24, 2.45) is 0 Å². The van der Waals surface area contributed by atoms with Crippen molar-refractivity contribution >= 4 is 23.2 Å². The number of halogens is 1. The minimum Gasteiger partial charge on any atom is -0.367 e. The molecule has 18 heavy (non-hydrogen) atoms. The molecule has 1 N–H and O–H groups in total. The molecule has 0 saturated carbocycles. The molecule has 0 radical (unpaired) electrons. The van der Waals surface area contributed by atoms with Crippen molar-refractivity contribution in [3.05, 3.63) is 59.5 Å². The smallest absolute Gasteiger partial charge is 0.236 e. The summed E-state index contributed by atoms with van der Waals surface area (Å²) in [6.45, 7) is 0.731. The van der Waals surface area contributed by atoms with E-state index in [1.165, 1.54) is 5.56 Å². The summed E-state index contributed by atoms with van der Waals surface area (Å²) in [7, 11) is 0. The Morgan fingerprint density at radius 3 is 2.89 bits per heavy atom. The minimum atomic E-state index is 0.435. The molecule has 2 aromatic heterocycles. The lowest BCUT2D eigenvalue weighted by Crippen LogP contribution is -2.04. The maximum Gasteiger partial charge on any atom is 0.236 e. The van der Waals surface area contributed by atoms with Crippen molar-refractivity contribution in [3.8, 4) is 0 Å². The Labute approximate surface area is 109 Å². The van der Waals surface area contributed by atoms with Crippen molar-refractivity contribution in [1.82, 2.24) is 14.4 Å². The van der Waals surface area contributed by atoms with Gasteiger partial charge < -0.3 is 5.32 Å². The first-order valence-electron chi connectivity index (χ1n) is 5.60. The van der Waals surface area contributed by atoms with Crippen molar-refractivity contribution in [3.63, 3.8) is 0 Å². The van der Waals surface area contributed by atoms with E-state index in [9.17, 15) is 0 Å². The van der Waals surface area contributed by atoms with Gasteiger partial charge in [0.15, 0.2) is 0 Å². The van der Waals surface area contributed by atoms with Gasteiger partial charge in [-0.1, -0.05) is 41.9 Å². The molecule has 0 amide bonds. The molecule has 0 unspecified atom stereocenters. The summed E-state index contributed by atoms with van der Waals surface area (Å²) in [5, 5.41) is 3.76. The van der Waals surface area contributed by atoms with E-state index >= 15 is 0 Å². The highest BCUT2D eigenvalue weighted by Crippen LogP contribution is 2.16.